The second-order valence-corrected chi connectivity index (χ2v) is 11.0. The second-order valence-electron chi connectivity index (χ2n) is 9.83. The molecule has 1 aromatic heterocycles. The molecule has 252 valence electrons. The van der Waals surface area contributed by atoms with Crippen LogP contribution >= 0.6 is 11.8 Å². The van der Waals surface area contributed by atoms with E-state index < -0.39 is 24.3 Å². The number of amides is 1. The molecule has 10 nitrogen and oxygen atoms in total. The van der Waals surface area contributed by atoms with Gasteiger partial charge in [0.25, 0.3) is 0 Å². The molecule has 0 fully saturated rings. The number of hydrogen-bond donors (Lipinski definition) is 4. The summed E-state index contributed by atoms with van der Waals surface area (Å²) in [6, 6.07) is 10.5. The Bertz CT molecular complexity index is 1490. The van der Waals surface area contributed by atoms with Crippen molar-refractivity contribution in [3.8, 4) is 16.9 Å². The lowest BCUT2D eigenvalue weighted by Gasteiger charge is -2.25. The van der Waals surface area contributed by atoms with Crippen LogP contribution < -0.4 is 10.1 Å². The smallest absolute Gasteiger partial charge is 0.490 e. The van der Waals surface area contributed by atoms with E-state index in [4.69, 9.17) is 24.5 Å². The summed E-state index contributed by atoms with van der Waals surface area (Å²) < 4.78 is 82.8. The first-order chi connectivity index (χ1) is 21.3. The minimum Gasteiger partial charge on any atom is -0.492 e. The van der Waals surface area contributed by atoms with Crippen molar-refractivity contribution < 1.29 is 60.1 Å². The van der Waals surface area contributed by atoms with Crippen molar-refractivity contribution in [1.82, 2.24) is 15.1 Å². The molecule has 0 radical (unpaired) electrons. The number of carbonyl (C=O) groups is 3. The van der Waals surface area contributed by atoms with E-state index in [9.17, 15) is 35.5 Å². The molecule has 46 heavy (non-hydrogen) atoms. The Morgan fingerprint density at radius 2 is 1.65 bits per heavy atom. The predicted molar refractivity (Wildman–Crippen MR) is 153 cm³/mol. The van der Waals surface area contributed by atoms with Crippen LogP contribution in [0.25, 0.3) is 11.1 Å². The van der Waals surface area contributed by atoms with Gasteiger partial charge in [0.1, 0.15) is 18.2 Å². The van der Waals surface area contributed by atoms with E-state index in [-0.39, 0.29) is 24.2 Å². The number of rotatable bonds is 7. The van der Waals surface area contributed by atoms with Crippen LogP contribution in [0.4, 0.5) is 36.4 Å². The monoisotopic (exact) mass is 682 g/mol. The molecule has 0 spiro atoms. The van der Waals surface area contributed by atoms with Crippen LogP contribution in [0, 0.1) is 18.7 Å². The fourth-order valence-corrected chi connectivity index (χ4v) is 4.82. The van der Waals surface area contributed by atoms with Gasteiger partial charge in [0, 0.05) is 28.5 Å². The Hall–Kier alpha value is -4.32. The van der Waals surface area contributed by atoms with Gasteiger partial charge in [0.2, 0.25) is 5.91 Å². The van der Waals surface area contributed by atoms with Crippen molar-refractivity contribution in [3.05, 3.63) is 59.7 Å². The third-order valence-electron chi connectivity index (χ3n) is 5.96. The molecule has 2 heterocycles. The molecular formula is C28H29F7N4O6S. The van der Waals surface area contributed by atoms with Crippen molar-refractivity contribution in [2.24, 2.45) is 5.92 Å². The quantitative estimate of drug-likeness (QED) is 0.184. The lowest BCUT2D eigenvalue weighted by Crippen LogP contribution is -2.32. The average molecular weight is 683 g/mol. The van der Waals surface area contributed by atoms with Gasteiger partial charge in [0.05, 0.1) is 17.8 Å². The number of aromatic nitrogens is 2. The number of nitrogens with one attached hydrogen (secondary N) is 2. The number of ether oxygens (including phenoxy) is 1. The summed E-state index contributed by atoms with van der Waals surface area (Å²) in [5.41, 5.74) is 4.58. The zero-order valence-electron chi connectivity index (χ0n) is 24.4. The molecule has 4 rings (SSSR count). The number of nitrogens with zero attached hydrogens (tertiary/aromatic N) is 2. The topological polar surface area (TPSA) is 145 Å². The molecule has 0 bridgehead atoms. The van der Waals surface area contributed by atoms with Gasteiger partial charge in [-0.1, -0.05) is 6.07 Å². The summed E-state index contributed by atoms with van der Waals surface area (Å²) in [7, 11) is 4.08. The number of fused-ring (bicyclic) bond motifs is 1. The van der Waals surface area contributed by atoms with Crippen molar-refractivity contribution in [2.45, 2.75) is 30.6 Å². The number of benzene rings is 2. The van der Waals surface area contributed by atoms with Gasteiger partial charge in [0.15, 0.2) is 0 Å². The number of aromatic amines is 1. The minimum absolute atomic E-state index is 0.124. The summed E-state index contributed by atoms with van der Waals surface area (Å²) in [5, 5.41) is 24.4. The molecule has 4 N–H and O–H groups in total. The van der Waals surface area contributed by atoms with Gasteiger partial charge in [-0.15, -0.1) is 11.8 Å². The Kier molecular flexibility index (Phi) is 13.4. The lowest BCUT2D eigenvalue weighted by molar-refractivity contribution is -0.193. The molecule has 1 aliphatic rings. The summed E-state index contributed by atoms with van der Waals surface area (Å²) in [4.78, 5) is 34.0. The number of carboxylic acids is 2. The standard InChI is InChI=1S/C24H27FN4O2S.2C2HF3O2/c1-15-20(13-26-28-15)16-4-6-21(23(12-16)32-9-8-29(2)3)27-24(30)18-10-17-11-19(25)5-7-22(17)31-14-18;2*3-2(4,5)1(6)7/h4-7,11-13,18H,8-10,14H2,1-3H3,(H,26,28)(H,27,30);2*(H,6,7). The minimum atomic E-state index is -5.08. The number of anilines is 1. The second kappa shape index (κ2) is 16.3. The Morgan fingerprint density at radius 1 is 1.04 bits per heavy atom. The van der Waals surface area contributed by atoms with Gasteiger partial charge < -0.3 is 25.2 Å². The highest BCUT2D eigenvalue weighted by Crippen LogP contribution is 2.34. The number of alkyl halides is 6. The number of aliphatic carboxylic acids is 2. The summed E-state index contributed by atoms with van der Waals surface area (Å²) >= 11 is 1.70. The van der Waals surface area contributed by atoms with E-state index in [1.807, 2.05) is 39.3 Å². The van der Waals surface area contributed by atoms with Gasteiger partial charge in [-0.2, -0.15) is 31.4 Å². The molecule has 0 aliphatic carbocycles. The first kappa shape index (κ1) is 37.9. The molecule has 0 saturated carbocycles. The summed E-state index contributed by atoms with van der Waals surface area (Å²) in [5.74, 6) is -4.79. The largest absolute Gasteiger partial charge is 0.492 e. The maximum absolute atomic E-state index is 13.6. The highest BCUT2D eigenvalue weighted by Gasteiger charge is 2.39. The van der Waals surface area contributed by atoms with Gasteiger partial charge in [-0.25, -0.2) is 14.0 Å². The fraction of sp³-hybridized carbons (Fsp3) is 0.357. The number of carboxylic acid groups (broad SMARTS) is 2. The lowest BCUT2D eigenvalue weighted by atomic mass is 9.95. The molecule has 3 aromatic rings. The molecule has 0 saturated heterocycles. The molecule has 18 heteroatoms. The zero-order chi connectivity index (χ0) is 34.8. The first-order valence-corrected chi connectivity index (χ1v) is 14.0. The van der Waals surface area contributed by atoms with E-state index >= 15 is 0 Å². The molecule has 1 amide bonds. The number of aryl methyl sites for hydroxylation is 1. The van der Waals surface area contributed by atoms with Crippen LogP contribution in [0.5, 0.6) is 5.75 Å². The van der Waals surface area contributed by atoms with E-state index in [2.05, 4.69) is 26.5 Å². The van der Waals surface area contributed by atoms with E-state index in [0.717, 1.165) is 45.3 Å². The van der Waals surface area contributed by atoms with Crippen LogP contribution in [0.2, 0.25) is 0 Å². The Labute approximate surface area is 261 Å². The van der Waals surface area contributed by atoms with Gasteiger partial charge >= 0.3 is 24.3 Å². The van der Waals surface area contributed by atoms with Crippen molar-refractivity contribution in [2.75, 3.05) is 38.3 Å². The number of thioether (sulfide) groups is 1. The van der Waals surface area contributed by atoms with E-state index in [1.165, 1.54) is 12.1 Å². The third kappa shape index (κ3) is 11.9. The number of H-pyrrole nitrogens is 1. The molecule has 1 atom stereocenters. The van der Waals surface area contributed by atoms with Crippen molar-refractivity contribution in [1.29, 1.82) is 0 Å². The van der Waals surface area contributed by atoms with Crippen LogP contribution in [0.3, 0.4) is 0 Å². The predicted octanol–water partition coefficient (Wildman–Crippen LogP) is 5.63. The average Bonchev–Trinajstić information content (AvgIpc) is 3.38. The third-order valence-corrected chi connectivity index (χ3v) is 7.00. The molecule has 2 aromatic carbocycles. The maximum Gasteiger partial charge on any atom is 0.490 e. The number of carbonyl (C=O) groups excluding carboxylic acids is 1. The molecule has 1 aliphatic heterocycles. The van der Waals surface area contributed by atoms with Crippen molar-refractivity contribution >= 4 is 35.3 Å². The van der Waals surface area contributed by atoms with Crippen LogP contribution in [0.1, 0.15) is 11.3 Å². The van der Waals surface area contributed by atoms with Crippen LogP contribution in [0.15, 0.2) is 47.5 Å². The van der Waals surface area contributed by atoms with Gasteiger partial charge in [-0.3, -0.25) is 9.89 Å². The first-order valence-electron chi connectivity index (χ1n) is 13.0. The van der Waals surface area contributed by atoms with Gasteiger partial charge in [-0.05, 0) is 68.9 Å². The van der Waals surface area contributed by atoms with Crippen molar-refractivity contribution in [3.63, 3.8) is 0 Å². The fourth-order valence-electron chi connectivity index (χ4n) is 3.66. The highest BCUT2D eigenvalue weighted by molar-refractivity contribution is 7.99. The molecule has 1 unspecified atom stereocenters. The van der Waals surface area contributed by atoms with Crippen LogP contribution in [-0.2, 0) is 20.8 Å². The normalized spacial score (nSPS) is 14.1. The van der Waals surface area contributed by atoms with Crippen LogP contribution in [-0.4, -0.2) is 88.5 Å². The Balaban J connectivity index is 0.000000440. The number of halogens is 7. The SMILES string of the molecule is Cc1[nH]ncc1-c1ccc(NC(=O)C2COc3ccc(F)cc3C2)c(SCCN(C)C)c1.O=C(O)C(F)(F)F.O=C(O)C(F)(F)F. The maximum atomic E-state index is 13.6. The Morgan fingerprint density at radius 3 is 2.17 bits per heavy atom. The zero-order valence-corrected chi connectivity index (χ0v) is 25.2. The summed E-state index contributed by atoms with van der Waals surface area (Å²) in [6.07, 6.45) is -7.90. The van der Waals surface area contributed by atoms with E-state index in [1.54, 1.807) is 17.8 Å². The summed E-state index contributed by atoms with van der Waals surface area (Å²) in [6.45, 7) is 3.19. The number of hydrogen-bond acceptors (Lipinski definition) is 7. The van der Waals surface area contributed by atoms with E-state index in [0.29, 0.717) is 12.2 Å². The molecular weight excluding hydrogens is 653 g/mol. The highest BCUT2D eigenvalue weighted by atomic mass is 32.2.